The summed E-state index contributed by atoms with van der Waals surface area (Å²) < 4.78 is 14.1. The van der Waals surface area contributed by atoms with Gasteiger partial charge in [0.1, 0.15) is 16.4 Å². The maximum atomic E-state index is 13.2. The Morgan fingerprint density at radius 3 is 3.03 bits per heavy atom. The number of thioether (sulfide) groups is 1. The number of nitrogens with zero attached hydrogens (tertiary/aromatic N) is 4. The largest absolute Gasteiger partial charge is 0.451 e. The minimum atomic E-state index is -0.287. The van der Waals surface area contributed by atoms with Gasteiger partial charge in [-0.05, 0) is 19.4 Å². The molecule has 4 heterocycles. The molecule has 1 aliphatic rings. The minimum absolute atomic E-state index is 0.287. The van der Waals surface area contributed by atoms with E-state index in [1.165, 1.54) is 11.3 Å². The van der Waals surface area contributed by atoms with Gasteiger partial charge in [-0.25, -0.2) is 4.68 Å². The number of fused-ring (bicyclic) bond motifs is 1. The van der Waals surface area contributed by atoms with Gasteiger partial charge in [0.2, 0.25) is 0 Å². The smallest absolute Gasteiger partial charge is 0.292 e. The van der Waals surface area contributed by atoms with Gasteiger partial charge in [-0.3, -0.25) is 4.79 Å². The van der Waals surface area contributed by atoms with Crippen molar-refractivity contribution in [2.24, 2.45) is 5.92 Å². The number of ether oxygens (including phenoxy) is 1. The van der Waals surface area contributed by atoms with Gasteiger partial charge in [-0.2, -0.15) is 5.10 Å². The summed E-state index contributed by atoms with van der Waals surface area (Å²) in [6.45, 7) is 4.14. The lowest BCUT2D eigenvalue weighted by Gasteiger charge is -2.12. The van der Waals surface area contributed by atoms with Crippen LogP contribution in [0.4, 0.5) is 5.82 Å². The van der Waals surface area contributed by atoms with Gasteiger partial charge in [0.05, 0.1) is 12.8 Å². The zero-order chi connectivity index (χ0) is 21.2. The van der Waals surface area contributed by atoms with Crippen LogP contribution in [0.2, 0.25) is 0 Å². The normalized spacial score (nSPS) is 16.2. The highest BCUT2D eigenvalue weighted by Gasteiger charge is 2.23. The number of carbonyl (C=O) groups excluding carboxylic acids is 1. The van der Waals surface area contributed by atoms with Crippen molar-refractivity contribution in [3.8, 4) is 0 Å². The van der Waals surface area contributed by atoms with Gasteiger partial charge in [-0.1, -0.05) is 41.3 Å². The Bertz CT molecular complexity index is 1210. The van der Waals surface area contributed by atoms with E-state index >= 15 is 0 Å². The van der Waals surface area contributed by atoms with E-state index in [0.29, 0.717) is 35.4 Å². The second-order valence-electron chi connectivity index (χ2n) is 7.36. The van der Waals surface area contributed by atoms with E-state index in [1.807, 2.05) is 35.9 Å². The number of hydrogen-bond acceptors (Lipinski definition) is 8. The third-order valence-electron chi connectivity index (χ3n) is 5.17. The maximum absolute atomic E-state index is 13.2. The topological polar surface area (TPSA) is 95.1 Å². The van der Waals surface area contributed by atoms with Crippen LogP contribution in [0.15, 0.2) is 45.3 Å². The molecule has 1 aliphatic heterocycles. The Hall–Kier alpha value is -2.69. The molecular weight excluding hydrogens is 434 g/mol. The average Bonchev–Trinajstić information content (AvgIpc) is 3.55. The molecule has 1 saturated heterocycles. The molecule has 1 aromatic carbocycles. The molecule has 0 bridgehead atoms. The molecule has 10 heteroatoms. The van der Waals surface area contributed by atoms with Crippen LogP contribution in [-0.4, -0.2) is 39.1 Å². The zero-order valence-electron chi connectivity index (χ0n) is 16.9. The molecule has 31 heavy (non-hydrogen) atoms. The average molecular weight is 456 g/mol. The van der Waals surface area contributed by atoms with Crippen LogP contribution >= 0.6 is 23.1 Å². The lowest BCUT2D eigenvalue weighted by molar-refractivity contribution is 0.0996. The Morgan fingerprint density at radius 2 is 2.23 bits per heavy atom. The summed E-state index contributed by atoms with van der Waals surface area (Å²) in [4.78, 5) is 13.2. The first-order valence-electron chi connectivity index (χ1n) is 10.0. The van der Waals surface area contributed by atoms with Crippen LogP contribution in [0.3, 0.4) is 0 Å². The molecule has 160 valence electrons. The number of carbonyl (C=O) groups is 1. The lowest BCUT2D eigenvalue weighted by Crippen LogP contribution is -2.19. The Labute approximate surface area is 187 Å². The van der Waals surface area contributed by atoms with Gasteiger partial charge in [0.25, 0.3) is 5.91 Å². The predicted molar refractivity (Wildman–Crippen MR) is 120 cm³/mol. The highest BCUT2D eigenvalue weighted by molar-refractivity contribution is 8.00. The highest BCUT2D eigenvalue weighted by Crippen LogP contribution is 2.33. The summed E-state index contributed by atoms with van der Waals surface area (Å²) in [6.07, 6.45) is 2.70. The van der Waals surface area contributed by atoms with E-state index < -0.39 is 0 Å². The number of hydrogen-bond donors (Lipinski definition) is 1. The van der Waals surface area contributed by atoms with E-state index in [4.69, 9.17) is 9.15 Å². The van der Waals surface area contributed by atoms with Crippen molar-refractivity contribution in [2.75, 3.05) is 18.5 Å². The molecular formula is C21H21N5O3S2. The van der Waals surface area contributed by atoms with E-state index in [2.05, 4.69) is 20.6 Å². The predicted octanol–water partition coefficient (Wildman–Crippen LogP) is 4.37. The van der Waals surface area contributed by atoms with E-state index in [0.717, 1.165) is 39.9 Å². The summed E-state index contributed by atoms with van der Waals surface area (Å²) in [6, 6.07) is 9.49. The van der Waals surface area contributed by atoms with Crippen LogP contribution in [0.1, 0.15) is 27.5 Å². The standard InChI is InChI=1S/C21H21N5O3S2/c1-13-24-25-21(31-13)30-12-16-15-4-2-3-5-17(15)29-19(16)20(27)23-18-6-8-22-26(18)10-14-7-9-28-11-14/h2-6,8,14H,7,9-12H2,1H3,(H,23,27). The molecule has 0 saturated carbocycles. The second kappa shape index (κ2) is 8.81. The van der Waals surface area contributed by atoms with Crippen molar-refractivity contribution in [3.05, 3.63) is 52.9 Å². The number of amides is 1. The number of rotatable bonds is 7. The molecule has 1 atom stereocenters. The molecule has 8 nitrogen and oxygen atoms in total. The summed E-state index contributed by atoms with van der Waals surface area (Å²) in [5, 5.41) is 17.4. The molecule has 1 amide bonds. The zero-order valence-corrected chi connectivity index (χ0v) is 18.5. The summed E-state index contributed by atoms with van der Waals surface area (Å²) in [5.41, 5.74) is 1.54. The summed E-state index contributed by atoms with van der Waals surface area (Å²) in [5.74, 6) is 1.64. The molecule has 1 fully saturated rings. The SMILES string of the molecule is Cc1nnc(SCc2c(C(=O)Nc3ccnn3CC3CCOC3)oc3ccccc23)s1. The van der Waals surface area contributed by atoms with E-state index in [9.17, 15) is 4.79 Å². The first-order chi connectivity index (χ1) is 15.2. The first kappa shape index (κ1) is 20.2. The molecule has 3 aromatic heterocycles. The van der Waals surface area contributed by atoms with Gasteiger partial charge in [0.15, 0.2) is 10.1 Å². The summed E-state index contributed by atoms with van der Waals surface area (Å²) in [7, 11) is 0. The Balaban J connectivity index is 1.39. The van der Waals surface area contributed by atoms with Gasteiger partial charge >= 0.3 is 0 Å². The molecule has 0 radical (unpaired) electrons. The Morgan fingerprint density at radius 1 is 1.32 bits per heavy atom. The molecule has 1 N–H and O–H groups in total. The number of benzene rings is 1. The number of anilines is 1. The third kappa shape index (κ3) is 4.36. The molecule has 1 unspecified atom stereocenters. The van der Waals surface area contributed by atoms with Crippen LogP contribution < -0.4 is 5.32 Å². The fraction of sp³-hybridized carbons (Fsp3) is 0.333. The van der Waals surface area contributed by atoms with Crippen molar-refractivity contribution in [2.45, 2.75) is 30.0 Å². The molecule has 0 aliphatic carbocycles. The van der Waals surface area contributed by atoms with Crippen molar-refractivity contribution in [3.63, 3.8) is 0 Å². The van der Waals surface area contributed by atoms with E-state index in [-0.39, 0.29) is 5.91 Å². The second-order valence-corrected chi connectivity index (χ2v) is 9.77. The fourth-order valence-corrected chi connectivity index (χ4v) is 5.47. The number of aromatic nitrogens is 4. The minimum Gasteiger partial charge on any atom is -0.451 e. The lowest BCUT2D eigenvalue weighted by atomic mass is 10.1. The van der Waals surface area contributed by atoms with E-state index in [1.54, 1.807) is 24.0 Å². The monoisotopic (exact) mass is 455 g/mol. The molecule has 0 spiro atoms. The number of para-hydroxylation sites is 1. The van der Waals surface area contributed by atoms with Crippen LogP contribution in [0, 0.1) is 12.8 Å². The van der Waals surface area contributed by atoms with Gasteiger partial charge < -0.3 is 14.5 Å². The summed E-state index contributed by atoms with van der Waals surface area (Å²) >= 11 is 3.09. The first-order valence-corrected chi connectivity index (χ1v) is 11.8. The van der Waals surface area contributed by atoms with Crippen LogP contribution in [-0.2, 0) is 17.0 Å². The van der Waals surface area contributed by atoms with Crippen LogP contribution in [0.5, 0.6) is 0 Å². The fourth-order valence-electron chi connectivity index (χ4n) is 3.63. The van der Waals surface area contributed by atoms with Crippen LogP contribution in [0.25, 0.3) is 11.0 Å². The van der Waals surface area contributed by atoms with Crippen molar-refractivity contribution in [1.29, 1.82) is 0 Å². The van der Waals surface area contributed by atoms with Gasteiger partial charge in [0, 0.05) is 41.8 Å². The van der Waals surface area contributed by atoms with Crippen molar-refractivity contribution in [1.82, 2.24) is 20.0 Å². The number of aryl methyl sites for hydroxylation is 1. The molecule has 5 rings (SSSR count). The third-order valence-corrected chi connectivity index (χ3v) is 7.16. The van der Waals surface area contributed by atoms with Gasteiger partial charge in [-0.15, -0.1) is 10.2 Å². The quantitative estimate of drug-likeness (QED) is 0.413. The highest BCUT2D eigenvalue weighted by atomic mass is 32.2. The molecule has 4 aromatic rings. The number of nitrogens with one attached hydrogen (secondary N) is 1. The van der Waals surface area contributed by atoms with Crippen molar-refractivity contribution < 1.29 is 13.9 Å². The maximum Gasteiger partial charge on any atom is 0.292 e. The Kier molecular flexibility index (Phi) is 5.75. The number of furan rings is 1. The van der Waals surface area contributed by atoms with Crippen molar-refractivity contribution >= 4 is 45.8 Å².